The van der Waals surface area contributed by atoms with Crippen molar-refractivity contribution in [1.82, 2.24) is 4.98 Å². The van der Waals surface area contributed by atoms with Gasteiger partial charge in [0.15, 0.2) is 0 Å². The van der Waals surface area contributed by atoms with Crippen LogP contribution in [0.5, 0.6) is 5.75 Å². The number of pyridine rings is 1. The summed E-state index contributed by atoms with van der Waals surface area (Å²) in [4.78, 5) is 8.72. The standard InChI is InChI=1S/C17H17ClN4O/c1-3-16(21-13-8-6-12(18)7-9-13)22-14(11-19)17-15(23-2)5-4-10-20-17/h3-11H,1,19H2,2H3,(H,21,22)/b14-11-. The van der Waals surface area contributed by atoms with E-state index in [1.54, 1.807) is 43.6 Å². The molecule has 0 amide bonds. The maximum atomic E-state index is 5.88. The molecule has 0 fully saturated rings. The number of nitrogens with one attached hydrogen (secondary N) is 1. The monoisotopic (exact) mass is 328 g/mol. The molecule has 0 atom stereocenters. The van der Waals surface area contributed by atoms with Crippen LogP contribution in [0.15, 0.2) is 66.4 Å². The Morgan fingerprint density at radius 1 is 1.35 bits per heavy atom. The molecule has 5 nitrogen and oxygen atoms in total. The molecule has 0 bridgehead atoms. The molecule has 0 radical (unpaired) electrons. The van der Waals surface area contributed by atoms with E-state index >= 15 is 0 Å². The zero-order chi connectivity index (χ0) is 16.7. The van der Waals surface area contributed by atoms with Crippen LogP contribution in [-0.4, -0.2) is 17.9 Å². The third kappa shape index (κ3) is 4.34. The number of aliphatic imine (C=N–C) groups is 1. The Morgan fingerprint density at radius 2 is 2.09 bits per heavy atom. The van der Waals surface area contributed by atoms with Crippen molar-refractivity contribution in [2.45, 2.75) is 0 Å². The molecule has 2 rings (SSSR count). The van der Waals surface area contributed by atoms with Crippen molar-refractivity contribution in [3.05, 3.63) is 72.2 Å². The van der Waals surface area contributed by atoms with Gasteiger partial charge < -0.3 is 15.8 Å². The summed E-state index contributed by atoms with van der Waals surface area (Å²) in [5, 5.41) is 3.80. The van der Waals surface area contributed by atoms with Gasteiger partial charge in [-0.2, -0.15) is 0 Å². The number of methoxy groups -OCH3 is 1. The number of ether oxygens (including phenoxy) is 1. The quantitative estimate of drug-likeness (QED) is 0.648. The van der Waals surface area contributed by atoms with E-state index in [-0.39, 0.29) is 0 Å². The average Bonchev–Trinajstić information content (AvgIpc) is 2.60. The molecule has 1 aromatic carbocycles. The third-order valence-corrected chi connectivity index (χ3v) is 3.19. The first-order valence-electron chi connectivity index (χ1n) is 6.83. The second-order valence-electron chi connectivity index (χ2n) is 4.44. The van der Waals surface area contributed by atoms with Crippen LogP contribution in [0, 0.1) is 0 Å². The van der Waals surface area contributed by atoms with Gasteiger partial charge in [-0.3, -0.25) is 4.98 Å². The molecular formula is C17H17ClN4O. The lowest BCUT2D eigenvalue weighted by Crippen LogP contribution is -2.09. The molecule has 6 heteroatoms. The van der Waals surface area contributed by atoms with Crippen LogP contribution in [0.3, 0.4) is 0 Å². The first-order valence-corrected chi connectivity index (χ1v) is 7.20. The summed E-state index contributed by atoms with van der Waals surface area (Å²) < 4.78 is 5.29. The normalized spacial score (nSPS) is 11.9. The van der Waals surface area contributed by atoms with E-state index in [9.17, 15) is 0 Å². The van der Waals surface area contributed by atoms with Gasteiger partial charge >= 0.3 is 0 Å². The molecule has 0 spiro atoms. The Hall–Kier alpha value is -2.79. The van der Waals surface area contributed by atoms with Crippen LogP contribution in [0.2, 0.25) is 5.02 Å². The molecule has 0 saturated carbocycles. The van der Waals surface area contributed by atoms with Gasteiger partial charge in [0.2, 0.25) is 0 Å². The maximum absolute atomic E-state index is 5.88. The van der Waals surface area contributed by atoms with Crippen molar-refractivity contribution < 1.29 is 4.74 Å². The fourth-order valence-corrected chi connectivity index (χ4v) is 1.98. The number of hydrogen-bond donors (Lipinski definition) is 2. The summed E-state index contributed by atoms with van der Waals surface area (Å²) in [6, 6.07) is 10.8. The lowest BCUT2D eigenvalue weighted by atomic mass is 10.2. The van der Waals surface area contributed by atoms with Crippen LogP contribution in [-0.2, 0) is 0 Å². The smallest absolute Gasteiger partial charge is 0.146 e. The van der Waals surface area contributed by atoms with Gasteiger partial charge in [-0.15, -0.1) is 0 Å². The maximum Gasteiger partial charge on any atom is 0.146 e. The summed E-state index contributed by atoms with van der Waals surface area (Å²) in [6.07, 6.45) is 4.61. The summed E-state index contributed by atoms with van der Waals surface area (Å²) in [5.74, 6) is 1.11. The average molecular weight is 329 g/mol. The predicted molar refractivity (Wildman–Crippen MR) is 95.7 cm³/mol. The second kappa shape index (κ2) is 8.00. The first-order chi connectivity index (χ1) is 11.2. The number of nitrogens with two attached hydrogens (primary N) is 1. The Labute approximate surface area is 140 Å². The lowest BCUT2D eigenvalue weighted by Gasteiger charge is -2.10. The zero-order valence-corrected chi connectivity index (χ0v) is 13.4. The van der Waals surface area contributed by atoms with Crippen LogP contribution in [0.1, 0.15) is 5.69 Å². The number of amidine groups is 1. The molecule has 2 aromatic rings. The zero-order valence-electron chi connectivity index (χ0n) is 12.7. The lowest BCUT2D eigenvalue weighted by molar-refractivity contribution is 0.411. The van der Waals surface area contributed by atoms with Crippen molar-refractivity contribution in [1.29, 1.82) is 0 Å². The van der Waals surface area contributed by atoms with Crippen molar-refractivity contribution in [3.8, 4) is 5.75 Å². The largest absolute Gasteiger partial charge is 0.494 e. The van der Waals surface area contributed by atoms with E-state index in [0.717, 1.165) is 5.69 Å². The molecule has 23 heavy (non-hydrogen) atoms. The molecule has 1 aromatic heterocycles. The van der Waals surface area contributed by atoms with Gasteiger partial charge in [0, 0.05) is 23.1 Å². The van der Waals surface area contributed by atoms with Gasteiger partial charge in [-0.1, -0.05) is 18.2 Å². The summed E-state index contributed by atoms with van der Waals surface area (Å²) >= 11 is 5.88. The number of aromatic nitrogens is 1. The Kier molecular flexibility index (Phi) is 5.77. The van der Waals surface area contributed by atoms with Gasteiger partial charge in [0.1, 0.15) is 23.0 Å². The minimum absolute atomic E-state index is 0.471. The SMILES string of the molecule is C=CC(=N/C(=C\N)c1ncccc1OC)Nc1ccc(Cl)cc1. The molecule has 1 heterocycles. The van der Waals surface area contributed by atoms with Crippen LogP contribution in [0.4, 0.5) is 5.69 Å². The van der Waals surface area contributed by atoms with Crippen LogP contribution < -0.4 is 15.8 Å². The Bertz CT molecular complexity index is 739. The highest BCUT2D eigenvalue weighted by molar-refractivity contribution is 6.30. The molecule has 0 aliphatic heterocycles. The van der Waals surface area contributed by atoms with Gasteiger partial charge in [-0.25, -0.2) is 4.99 Å². The minimum Gasteiger partial charge on any atom is -0.494 e. The van der Waals surface area contributed by atoms with Gasteiger partial charge in [0.05, 0.1) is 7.11 Å². The van der Waals surface area contributed by atoms with Crippen LogP contribution in [0.25, 0.3) is 5.70 Å². The third-order valence-electron chi connectivity index (χ3n) is 2.94. The number of halogens is 1. The molecule has 3 N–H and O–H groups in total. The fraction of sp³-hybridized carbons (Fsp3) is 0.0588. The molecule has 0 aliphatic rings. The van der Waals surface area contributed by atoms with Gasteiger partial charge in [0.25, 0.3) is 0 Å². The fourth-order valence-electron chi connectivity index (χ4n) is 1.85. The van der Waals surface area contributed by atoms with E-state index in [4.69, 9.17) is 22.1 Å². The van der Waals surface area contributed by atoms with E-state index in [0.29, 0.717) is 28.0 Å². The first kappa shape index (κ1) is 16.6. The van der Waals surface area contributed by atoms with Crippen molar-refractivity contribution in [2.24, 2.45) is 10.7 Å². The molecule has 0 saturated heterocycles. The van der Waals surface area contributed by atoms with Crippen molar-refractivity contribution in [3.63, 3.8) is 0 Å². The Balaban J connectivity index is 2.31. The highest BCUT2D eigenvalue weighted by Gasteiger charge is 2.09. The van der Waals surface area contributed by atoms with E-state index in [1.165, 1.54) is 6.20 Å². The highest BCUT2D eigenvalue weighted by Crippen LogP contribution is 2.24. The van der Waals surface area contributed by atoms with Gasteiger partial charge in [-0.05, 0) is 42.5 Å². The van der Waals surface area contributed by atoms with E-state index < -0.39 is 0 Å². The topological polar surface area (TPSA) is 72.5 Å². The summed E-state index contributed by atoms with van der Waals surface area (Å²) in [5.41, 5.74) is 7.55. The van der Waals surface area contributed by atoms with Crippen molar-refractivity contribution >= 4 is 28.8 Å². The number of anilines is 1. The Morgan fingerprint density at radius 3 is 2.70 bits per heavy atom. The van der Waals surface area contributed by atoms with E-state index in [2.05, 4.69) is 21.9 Å². The molecule has 118 valence electrons. The summed E-state index contributed by atoms with van der Waals surface area (Å²) in [7, 11) is 1.57. The summed E-state index contributed by atoms with van der Waals surface area (Å²) in [6.45, 7) is 3.76. The van der Waals surface area contributed by atoms with Crippen LogP contribution >= 0.6 is 11.6 Å². The highest BCUT2D eigenvalue weighted by atomic mass is 35.5. The predicted octanol–water partition coefficient (Wildman–Crippen LogP) is 3.70. The molecule has 0 aliphatic carbocycles. The molecule has 0 unspecified atom stereocenters. The number of nitrogens with zero attached hydrogens (tertiary/aromatic N) is 2. The molecular weight excluding hydrogens is 312 g/mol. The second-order valence-corrected chi connectivity index (χ2v) is 4.88. The number of hydrogen-bond acceptors (Lipinski definition) is 4. The number of benzene rings is 1. The number of rotatable bonds is 5. The van der Waals surface area contributed by atoms with Crippen molar-refractivity contribution in [2.75, 3.05) is 12.4 Å². The van der Waals surface area contributed by atoms with E-state index in [1.807, 2.05) is 12.1 Å². The minimum atomic E-state index is 0.471.